The molecular weight excluding hydrogens is 275 g/mol. The van der Waals surface area contributed by atoms with Gasteiger partial charge in [0.25, 0.3) is 0 Å². The minimum atomic E-state index is -5.02. The summed E-state index contributed by atoms with van der Waals surface area (Å²) in [5, 5.41) is 1.65. The fraction of sp³-hybridized carbons (Fsp3) is 0.385. The molecule has 7 heteroatoms. The minimum absolute atomic E-state index is 0.0934. The monoisotopic (exact) mass is 289 g/mol. The number of rotatable bonds is 4. The second-order valence-electron chi connectivity index (χ2n) is 4.49. The number of anilines is 1. The zero-order chi connectivity index (χ0) is 15.3. The third-order valence-electron chi connectivity index (χ3n) is 2.20. The second-order valence-corrected chi connectivity index (χ2v) is 4.49. The van der Waals surface area contributed by atoms with Crippen LogP contribution in [0.4, 0.5) is 18.9 Å². The van der Waals surface area contributed by atoms with Gasteiger partial charge in [-0.15, -0.1) is 0 Å². The third-order valence-corrected chi connectivity index (χ3v) is 2.20. The molecule has 20 heavy (non-hydrogen) atoms. The van der Waals surface area contributed by atoms with Gasteiger partial charge in [-0.1, -0.05) is 26.0 Å². The van der Waals surface area contributed by atoms with Crippen LogP contribution in [-0.2, 0) is 9.53 Å². The van der Waals surface area contributed by atoms with Gasteiger partial charge in [-0.3, -0.25) is 4.79 Å². The number of alkyl halides is 3. The van der Waals surface area contributed by atoms with Crippen LogP contribution in [0.1, 0.15) is 24.2 Å². The van der Waals surface area contributed by atoms with Gasteiger partial charge in [0.05, 0.1) is 17.9 Å². The molecule has 1 aromatic rings. The molecule has 0 aliphatic carbocycles. The first-order valence-electron chi connectivity index (χ1n) is 5.86. The SMILES string of the molecule is CC(C)COC(=O)c1ccccc1NC(=O)C(F)(F)F. The highest BCUT2D eigenvalue weighted by atomic mass is 19.4. The first-order chi connectivity index (χ1) is 9.21. The molecule has 1 amide bonds. The normalized spacial score (nSPS) is 11.3. The molecule has 0 heterocycles. The van der Waals surface area contributed by atoms with E-state index in [1.807, 2.05) is 13.8 Å². The van der Waals surface area contributed by atoms with Crippen LogP contribution in [0.2, 0.25) is 0 Å². The summed E-state index contributed by atoms with van der Waals surface area (Å²) in [4.78, 5) is 22.6. The number of benzene rings is 1. The molecule has 0 unspecified atom stereocenters. The highest BCUT2D eigenvalue weighted by Gasteiger charge is 2.39. The van der Waals surface area contributed by atoms with E-state index >= 15 is 0 Å². The number of nitrogens with one attached hydrogen (secondary N) is 1. The molecule has 0 bridgehead atoms. The van der Waals surface area contributed by atoms with Crippen LogP contribution in [-0.4, -0.2) is 24.7 Å². The van der Waals surface area contributed by atoms with E-state index in [1.165, 1.54) is 24.3 Å². The maximum atomic E-state index is 12.2. The lowest BCUT2D eigenvalue weighted by atomic mass is 10.1. The third kappa shape index (κ3) is 4.56. The van der Waals surface area contributed by atoms with Crippen molar-refractivity contribution in [2.75, 3.05) is 11.9 Å². The summed E-state index contributed by atoms with van der Waals surface area (Å²) < 4.78 is 41.5. The maximum absolute atomic E-state index is 12.2. The topological polar surface area (TPSA) is 55.4 Å². The summed E-state index contributed by atoms with van der Waals surface area (Å²) in [6, 6.07) is 5.37. The van der Waals surface area contributed by atoms with Crippen LogP contribution in [0.25, 0.3) is 0 Å². The average molecular weight is 289 g/mol. The number of halogens is 3. The van der Waals surface area contributed by atoms with Gasteiger partial charge in [-0.25, -0.2) is 4.79 Å². The zero-order valence-electron chi connectivity index (χ0n) is 11.0. The number of carbonyl (C=O) groups excluding carboxylic acids is 2. The minimum Gasteiger partial charge on any atom is -0.462 e. The van der Waals surface area contributed by atoms with Crippen molar-refractivity contribution in [3.63, 3.8) is 0 Å². The number of para-hydroxylation sites is 1. The lowest BCUT2D eigenvalue weighted by Crippen LogP contribution is -2.30. The van der Waals surface area contributed by atoms with Gasteiger partial charge >= 0.3 is 18.1 Å². The highest BCUT2D eigenvalue weighted by Crippen LogP contribution is 2.21. The number of amides is 1. The summed E-state index contributed by atoms with van der Waals surface area (Å²) in [6.45, 7) is 3.79. The smallest absolute Gasteiger partial charge is 0.462 e. The molecule has 0 saturated heterocycles. The van der Waals surface area contributed by atoms with E-state index in [0.717, 1.165) is 0 Å². The molecule has 1 rings (SSSR count). The molecular formula is C13H14F3NO3. The van der Waals surface area contributed by atoms with E-state index in [-0.39, 0.29) is 23.8 Å². The highest BCUT2D eigenvalue weighted by molar-refractivity contribution is 6.02. The summed E-state index contributed by atoms with van der Waals surface area (Å²) in [5.41, 5.74) is -0.352. The molecule has 0 spiro atoms. The van der Waals surface area contributed by atoms with Crippen LogP contribution in [0.15, 0.2) is 24.3 Å². The Morgan fingerprint density at radius 2 is 1.85 bits per heavy atom. The van der Waals surface area contributed by atoms with Gasteiger partial charge in [0.1, 0.15) is 0 Å². The fourth-order valence-electron chi connectivity index (χ4n) is 1.28. The quantitative estimate of drug-likeness (QED) is 0.867. The van der Waals surface area contributed by atoms with Crippen LogP contribution >= 0.6 is 0 Å². The standard InChI is InChI=1S/C13H14F3NO3/c1-8(2)7-20-11(18)9-5-3-4-6-10(9)17-12(19)13(14,15)16/h3-6,8H,7H2,1-2H3,(H,17,19). The Kier molecular flexibility index (Phi) is 5.12. The number of carbonyl (C=O) groups is 2. The lowest BCUT2D eigenvalue weighted by Gasteiger charge is -2.12. The summed E-state index contributed by atoms with van der Waals surface area (Å²) in [6.07, 6.45) is -5.02. The van der Waals surface area contributed by atoms with Crippen molar-refractivity contribution in [3.8, 4) is 0 Å². The molecule has 0 saturated carbocycles. The van der Waals surface area contributed by atoms with E-state index in [2.05, 4.69) is 0 Å². The molecule has 1 N–H and O–H groups in total. The van der Waals surface area contributed by atoms with Crippen molar-refractivity contribution in [1.29, 1.82) is 0 Å². The van der Waals surface area contributed by atoms with E-state index in [4.69, 9.17) is 4.74 Å². The summed E-state index contributed by atoms with van der Waals surface area (Å²) >= 11 is 0. The van der Waals surface area contributed by atoms with Crippen molar-refractivity contribution < 1.29 is 27.5 Å². The molecule has 4 nitrogen and oxygen atoms in total. The first-order valence-corrected chi connectivity index (χ1v) is 5.86. The zero-order valence-corrected chi connectivity index (χ0v) is 11.0. The van der Waals surface area contributed by atoms with Gasteiger partial charge in [0.15, 0.2) is 0 Å². The number of hydrogen-bond acceptors (Lipinski definition) is 3. The number of hydrogen-bond donors (Lipinski definition) is 1. The molecule has 110 valence electrons. The number of esters is 1. The number of ether oxygens (including phenoxy) is 1. The largest absolute Gasteiger partial charge is 0.471 e. The van der Waals surface area contributed by atoms with Crippen molar-refractivity contribution >= 4 is 17.6 Å². The predicted molar refractivity (Wildman–Crippen MR) is 66.2 cm³/mol. The van der Waals surface area contributed by atoms with E-state index in [0.29, 0.717) is 0 Å². The van der Waals surface area contributed by atoms with Crippen LogP contribution < -0.4 is 5.32 Å². The Morgan fingerprint density at radius 3 is 2.40 bits per heavy atom. The molecule has 0 radical (unpaired) electrons. The maximum Gasteiger partial charge on any atom is 0.471 e. The predicted octanol–water partition coefficient (Wildman–Crippen LogP) is 3.00. The Hall–Kier alpha value is -2.05. The van der Waals surface area contributed by atoms with Gasteiger partial charge < -0.3 is 10.1 Å². The van der Waals surface area contributed by atoms with Crippen LogP contribution in [0.3, 0.4) is 0 Å². The molecule has 0 aromatic heterocycles. The van der Waals surface area contributed by atoms with E-state index in [9.17, 15) is 22.8 Å². The van der Waals surface area contributed by atoms with E-state index in [1.54, 1.807) is 5.32 Å². The summed E-state index contributed by atoms with van der Waals surface area (Å²) in [7, 11) is 0. The Labute approximate surface area is 113 Å². The molecule has 0 atom stereocenters. The Bertz CT molecular complexity index is 498. The Balaban J connectivity index is 2.88. The van der Waals surface area contributed by atoms with Crippen LogP contribution in [0.5, 0.6) is 0 Å². The van der Waals surface area contributed by atoms with Gasteiger partial charge in [-0.2, -0.15) is 13.2 Å². The van der Waals surface area contributed by atoms with Crippen molar-refractivity contribution in [1.82, 2.24) is 0 Å². The molecule has 1 aromatic carbocycles. The van der Waals surface area contributed by atoms with Gasteiger partial charge in [-0.05, 0) is 18.1 Å². The second kappa shape index (κ2) is 6.40. The van der Waals surface area contributed by atoms with Crippen molar-refractivity contribution in [2.24, 2.45) is 5.92 Å². The lowest BCUT2D eigenvalue weighted by molar-refractivity contribution is -0.167. The van der Waals surface area contributed by atoms with E-state index < -0.39 is 18.1 Å². The average Bonchev–Trinajstić information content (AvgIpc) is 2.35. The van der Waals surface area contributed by atoms with Crippen molar-refractivity contribution in [3.05, 3.63) is 29.8 Å². The molecule has 0 fully saturated rings. The fourth-order valence-corrected chi connectivity index (χ4v) is 1.28. The first kappa shape index (κ1) is 16.0. The van der Waals surface area contributed by atoms with Crippen LogP contribution in [0, 0.1) is 5.92 Å². The summed E-state index contributed by atoms with van der Waals surface area (Å²) in [5.74, 6) is -2.82. The molecule has 0 aliphatic heterocycles. The molecule has 0 aliphatic rings. The van der Waals surface area contributed by atoms with Crippen molar-refractivity contribution in [2.45, 2.75) is 20.0 Å². The Morgan fingerprint density at radius 1 is 1.25 bits per heavy atom. The van der Waals surface area contributed by atoms with Gasteiger partial charge in [0, 0.05) is 0 Å². The van der Waals surface area contributed by atoms with Gasteiger partial charge in [0.2, 0.25) is 0 Å².